The van der Waals surface area contributed by atoms with Gasteiger partial charge in [-0.15, -0.1) is 0 Å². The fourth-order valence-corrected chi connectivity index (χ4v) is 3.40. The Morgan fingerprint density at radius 1 is 1.31 bits per heavy atom. The van der Waals surface area contributed by atoms with Crippen molar-refractivity contribution in [1.82, 2.24) is 15.3 Å². The number of hydrogen-bond acceptors (Lipinski definition) is 6. The van der Waals surface area contributed by atoms with Gasteiger partial charge in [0.25, 0.3) is 0 Å². The van der Waals surface area contributed by atoms with Gasteiger partial charge in [0.2, 0.25) is 5.95 Å². The van der Waals surface area contributed by atoms with Crippen molar-refractivity contribution in [2.45, 2.75) is 39.7 Å². The van der Waals surface area contributed by atoms with Crippen molar-refractivity contribution >= 4 is 17.5 Å². The van der Waals surface area contributed by atoms with Gasteiger partial charge in [0.05, 0.1) is 5.69 Å². The van der Waals surface area contributed by atoms with Crippen LogP contribution in [0.25, 0.3) is 0 Å². The Labute approximate surface area is 172 Å². The van der Waals surface area contributed by atoms with Crippen molar-refractivity contribution in [2.75, 3.05) is 35.2 Å². The lowest BCUT2D eigenvalue weighted by Crippen LogP contribution is -2.36. The first-order valence-corrected chi connectivity index (χ1v) is 10.2. The van der Waals surface area contributed by atoms with E-state index in [2.05, 4.69) is 41.4 Å². The summed E-state index contributed by atoms with van der Waals surface area (Å²) in [5, 5.41) is 9.93. The number of anilines is 3. The minimum atomic E-state index is -0.314. The van der Waals surface area contributed by atoms with Crippen molar-refractivity contribution in [1.29, 1.82) is 0 Å². The van der Waals surface area contributed by atoms with Crippen LogP contribution < -0.4 is 20.9 Å². The molecule has 2 heterocycles. The van der Waals surface area contributed by atoms with Gasteiger partial charge in [-0.25, -0.2) is 9.37 Å². The first-order valence-electron chi connectivity index (χ1n) is 10.2. The maximum atomic E-state index is 14.1. The molecule has 1 aliphatic heterocycles. The van der Waals surface area contributed by atoms with Gasteiger partial charge >= 0.3 is 0 Å². The highest BCUT2D eigenvalue weighted by Crippen LogP contribution is 2.25. The molecular formula is C22H31FN6. The number of benzene rings is 1. The standard InChI is InChI=1S/C22H31FN6/c1-15(2)14-29(17(4)26-20-8-6-5-7-19(20)23)21-16(3)13-25-22(28-21)27-18-9-11-24-12-10-18/h5-8,13,15,18,24,26H,4,9-12,14H2,1-3H3,(H,25,27,28). The number of halogens is 1. The average molecular weight is 399 g/mol. The highest BCUT2D eigenvalue weighted by Gasteiger charge is 2.20. The van der Waals surface area contributed by atoms with E-state index in [1.165, 1.54) is 6.07 Å². The fourth-order valence-electron chi connectivity index (χ4n) is 3.40. The summed E-state index contributed by atoms with van der Waals surface area (Å²) in [5.74, 6) is 2.03. The minimum absolute atomic E-state index is 0.314. The number of hydrogen-bond donors (Lipinski definition) is 3. The van der Waals surface area contributed by atoms with Crippen LogP contribution in [0.15, 0.2) is 42.9 Å². The Bertz CT molecular complexity index is 832. The topological polar surface area (TPSA) is 65.1 Å². The zero-order valence-electron chi connectivity index (χ0n) is 17.5. The van der Waals surface area contributed by atoms with E-state index in [9.17, 15) is 4.39 Å². The summed E-state index contributed by atoms with van der Waals surface area (Å²) in [6.07, 6.45) is 3.92. The summed E-state index contributed by atoms with van der Waals surface area (Å²) < 4.78 is 14.1. The van der Waals surface area contributed by atoms with Gasteiger partial charge in [-0.1, -0.05) is 32.6 Å². The quantitative estimate of drug-likeness (QED) is 0.621. The molecule has 0 aliphatic carbocycles. The fraction of sp³-hybridized carbons (Fsp3) is 0.455. The van der Waals surface area contributed by atoms with E-state index >= 15 is 0 Å². The number of nitrogens with zero attached hydrogens (tertiary/aromatic N) is 3. The first kappa shape index (κ1) is 21.0. The number of rotatable bonds is 8. The maximum absolute atomic E-state index is 14.1. The van der Waals surface area contributed by atoms with Crippen LogP contribution in [0, 0.1) is 18.7 Å². The SMILES string of the molecule is C=C(Nc1ccccc1F)N(CC(C)C)c1nc(NC2CCNCC2)ncc1C. The highest BCUT2D eigenvalue weighted by molar-refractivity contribution is 5.59. The molecule has 6 nitrogen and oxygen atoms in total. The molecule has 156 valence electrons. The van der Waals surface area contributed by atoms with Crippen LogP contribution in [-0.4, -0.2) is 35.6 Å². The predicted molar refractivity (Wildman–Crippen MR) is 118 cm³/mol. The van der Waals surface area contributed by atoms with Gasteiger partial charge in [-0.2, -0.15) is 4.98 Å². The van der Waals surface area contributed by atoms with E-state index in [0.717, 1.165) is 37.3 Å². The van der Waals surface area contributed by atoms with Crippen molar-refractivity contribution in [2.24, 2.45) is 5.92 Å². The molecule has 0 spiro atoms. The molecule has 0 saturated carbocycles. The maximum Gasteiger partial charge on any atom is 0.224 e. The van der Waals surface area contributed by atoms with Crippen molar-refractivity contribution in [3.63, 3.8) is 0 Å². The van der Waals surface area contributed by atoms with E-state index in [-0.39, 0.29) is 5.82 Å². The van der Waals surface area contributed by atoms with Crippen LogP contribution in [0.4, 0.5) is 21.8 Å². The summed E-state index contributed by atoms with van der Waals surface area (Å²) >= 11 is 0. The van der Waals surface area contributed by atoms with E-state index in [1.807, 2.05) is 18.0 Å². The van der Waals surface area contributed by atoms with Crippen molar-refractivity contribution in [3.8, 4) is 0 Å². The first-order chi connectivity index (χ1) is 13.9. The van der Waals surface area contributed by atoms with Crippen LogP contribution >= 0.6 is 0 Å². The predicted octanol–water partition coefficient (Wildman–Crippen LogP) is 4.13. The highest BCUT2D eigenvalue weighted by atomic mass is 19.1. The lowest BCUT2D eigenvalue weighted by Gasteiger charge is -2.30. The molecule has 1 saturated heterocycles. The number of para-hydroxylation sites is 1. The average Bonchev–Trinajstić information content (AvgIpc) is 2.70. The van der Waals surface area contributed by atoms with Crippen molar-refractivity contribution < 1.29 is 4.39 Å². The Balaban J connectivity index is 1.84. The molecule has 0 atom stereocenters. The smallest absolute Gasteiger partial charge is 0.224 e. The zero-order valence-corrected chi connectivity index (χ0v) is 17.5. The molecule has 0 radical (unpaired) electrons. The lowest BCUT2D eigenvalue weighted by atomic mass is 10.1. The van der Waals surface area contributed by atoms with E-state index in [4.69, 9.17) is 4.98 Å². The summed E-state index contributed by atoms with van der Waals surface area (Å²) in [6, 6.07) is 6.96. The van der Waals surface area contributed by atoms with Crippen LogP contribution in [0.1, 0.15) is 32.3 Å². The van der Waals surface area contributed by atoms with E-state index in [0.29, 0.717) is 36.0 Å². The Hall–Kier alpha value is -2.67. The van der Waals surface area contributed by atoms with Crippen LogP contribution in [-0.2, 0) is 0 Å². The summed E-state index contributed by atoms with van der Waals surface area (Å²) in [6.45, 7) is 13.1. The Morgan fingerprint density at radius 3 is 2.72 bits per heavy atom. The molecule has 2 aromatic rings. The van der Waals surface area contributed by atoms with E-state index in [1.54, 1.807) is 18.2 Å². The van der Waals surface area contributed by atoms with Gasteiger partial charge < -0.3 is 20.9 Å². The number of aromatic nitrogens is 2. The number of nitrogens with one attached hydrogen (secondary N) is 3. The van der Waals surface area contributed by atoms with Gasteiger partial charge in [-0.05, 0) is 50.9 Å². The van der Waals surface area contributed by atoms with Crippen molar-refractivity contribution in [3.05, 3.63) is 54.2 Å². The summed E-state index contributed by atoms with van der Waals surface area (Å²) in [7, 11) is 0. The van der Waals surface area contributed by atoms with Gasteiger partial charge in [0.1, 0.15) is 17.5 Å². The molecular weight excluding hydrogens is 367 g/mol. The van der Waals surface area contributed by atoms with Crippen LogP contribution in [0.2, 0.25) is 0 Å². The third-order valence-electron chi connectivity index (χ3n) is 4.90. The Kier molecular flexibility index (Phi) is 7.04. The molecule has 3 rings (SSSR count). The summed E-state index contributed by atoms with van der Waals surface area (Å²) in [4.78, 5) is 11.3. The van der Waals surface area contributed by atoms with Gasteiger partial charge in [0.15, 0.2) is 0 Å². The lowest BCUT2D eigenvalue weighted by molar-refractivity contribution is 0.477. The molecule has 3 N–H and O–H groups in total. The third kappa shape index (κ3) is 5.67. The second-order valence-electron chi connectivity index (χ2n) is 7.92. The van der Waals surface area contributed by atoms with Gasteiger partial charge in [-0.3, -0.25) is 0 Å². The van der Waals surface area contributed by atoms with E-state index < -0.39 is 0 Å². The molecule has 1 aliphatic rings. The second kappa shape index (κ2) is 9.69. The molecule has 29 heavy (non-hydrogen) atoms. The van der Waals surface area contributed by atoms with Gasteiger partial charge in [0, 0.05) is 24.3 Å². The molecule has 0 unspecified atom stereocenters. The normalized spacial score (nSPS) is 14.7. The molecule has 1 aromatic carbocycles. The molecule has 1 fully saturated rings. The number of piperidine rings is 1. The molecule has 0 bridgehead atoms. The Morgan fingerprint density at radius 2 is 2.03 bits per heavy atom. The monoisotopic (exact) mass is 398 g/mol. The zero-order chi connectivity index (χ0) is 20.8. The van der Waals surface area contributed by atoms with Crippen LogP contribution in [0.5, 0.6) is 0 Å². The minimum Gasteiger partial charge on any atom is -0.351 e. The molecule has 0 amide bonds. The van der Waals surface area contributed by atoms with Crippen LogP contribution in [0.3, 0.4) is 0 Å². The number of aryl methyl sites for hydroxylation is 1. The summed E-state index contributed by atoms with van der Waals surface area (Å²) in [5.41, 5.74) is 1.34. The largest absolute Gasteiger partial charge is 0.351 e. The molecule has 7 heteroatoms. The second-order valence-corrected chi connectivity index (χ2v) is 7.92. The third-order valence-corrected chi connectivity index (χ3v) is 4.90. The molecule has 1 aromatic heterocycles.